The highest BCUT2D eigenvalue weighted by atomic mass is 35.5. The summed E-state index contributed by atoms with van der Waals surface area (Å²) in [5.41, 5.74) is 2.52. The molecule has 3 rings (SSSR count). The molecular formula is C21H19ClN2O4. The van der Waals surface area contributed by atoms with Gasteiger partial charge in [-0.25, -0.2) is 0 Å². The van der Waals surface area contributed by atoms with Gasteiger partial charge in [0.25, 0.3) is 11.8 Å². The average molecular weight is 399 g/mol. The number of nitrogens with zero attached hydrogens (tertiary/aromatic N) is 1. The van der Waals surface area contributed by atoms with Gasteiger partial charge < -0.3 is 14.9 Å². The van der Waals surface area contributed by atoms with Gasteiger partial charge in [-0.2, -0.15) is 0 Å². The van der Waals surface area contributed by atoms with E-state index in [1.807, 2.05) is 19.1 Å². The SMILES string of the molecule is CC1=C(C=N)C(=O)N(CCO)C(=O)/C1=C\c1ccc(-c2ccc(C)c(Cl)c2)o1. The zero-order valence-corrected chi connectivity index (χ0v) is 16.2. The van der Waals surface area contributed by atoms with Crippen molar-refractivity contribution in [1.29, 1.82) is 5.41 Å². The number of nitrogens with one attached hydrogen (secondary N) is 1. The van der Waals surface area contributed by atoms with Crippen LogP contribution < -0.4 is 0 Å². The molecule has 2 amide bonds. The topological polar surface area (TPSA) is 94.6 Å². The van der Waals surface area contributed by atoms with E-state index in [0.29, 0.717) is 22.1 Å². The molecule has 0 radical (unpaired) electrons. The number of aliphatic hydroxyl groups excluding tert-OH is 1. The number of benzene rings is 1. The van der Waals surface area contributed by atoms with Crippen LogP contribution in [0, 0.1) is 12.3 Å². The van der Waals surface area contributed by atoms with Crippen LogP contribution in [0.3, 0.4) is 0 Å². The largest absolute Gasteiger partial charge is 0.457 e. The first-order valence-electron chi connectivity index (χ1n) is 8.64. The monoisotopic (exact) mass is 398 g/mol. The van der Waals surface area contributed by atoms with E-state index < -0.39 is 11.8 Å². The van der Waals surface area contributed by atoms with Crippen molar-refractivity contribution in [1.82, 2.24) is 4.90 Å². The highest BCUT2D eigenvalue weighted by Crippen LogP contribution is 2.30. The normalized spacial score (nSPS) is 16.3. The van der Waals surface area contributed by atoms with Gasteiger partial charge in [-0.3, -0.25) is 14.5 Å². The fraction of sp³-hybridized carbons (Fsp3) is 0.190. The van der Waals surface area contributed by atoms with Crippen LogP contribution in [0.15, 0.2) is 51.5 Å². The number of aryl methyl sites for hydroxylation is 1. The zero-order chi connectivity index (χ0) is 20.4. The zero-order valence-electron chi connectivity index (χ0n) is 15.5. The Labute approximate surface area is 167 Å². The van der Waals surface area contributed by atoms with Gasteiger partial charge in [-0.15, -0.1) is 0 Å². The highest BCUT2D eigenvalue weighted by molar-refractivity contribution is 6.31. The average Bonchev–Trinajstić information content (AvgIpc) is 3.14. The summed E-state index contributed by atoms with van der Waals surface area (Å²) < 4.78 is 5.84. The van der Waals surface area contributed by atoms with Crippen molar-refractivity contribution in [3.05, 3.63) is 63.4 Å². The van der Waals surface area contributed by atoms with Crippen molar-refractivity contribution in [2.45, 2.75) is 13.8 Å². The highest BCUT2D eigenvalue weighted by Gasteiger charge is 2.34. The van der Waals surface area contributed by atoms with Gasteiger partial charge in [0.05, 0.1) is 18.7 Å². The summed E-state index contributed by atoms with van der Waals surface area (Å²) in [5, 5.41) is 17.3. The molecule has 0 bridgehead atoms. The van der Waals surface area contributed by atoms with E-state index in [9.17, 15) is 9.59 Å². The summed E-state index contributed by atoms with van der Waals surface area (Å²) in [5.74, 6) is -0.0946. The Morgan fingerprint density at radius 3 is 2.57 bits per heavy atom. The van der Waals surface area contributed by atoms with Crippen LogP contribution >= 0.6 is 11.6 Å². The number of hydrogen-bond acceptors (Lipinski definition) is 5. The van der Waals surface area contributed by atoms with E-state index in [0.717, 1.165) is 22.2 Å². The van der Waals surface area contributed by atoms with Crippen molar-refractivity contribution in [3.8, 4) is 11.3 Å². The second-order valence-corrected chi connectivity index (χ2v) is 6.80. The van der Waals surface area contributed by atoms with Crippen molar-refractivity contribution in [3.63, 3.8) is 0 Å². The van der Waals surface area contributed by atoms with E-state index in [1.165, 1.54) is 6.08 Å². The number of amides is 2. The van der Waals surface area contributed by atoms with Crippen molar-refractivity contribution in [2.24, 2.45) is 0 Å². The molecule has 28 heavy (non-hydrogen) atoms. The van der Waals surface area contributed by atoms with E-state index in [-0.39, 0.29) is 24.3 Å². The summed E-state index contributed by atoms with van der Waals surface area (Å²) in [6.07, 6.45) is 2.46. The Morgan fingerprint density at radius 1 is 1.18 bits per heavy atom. The predicted octanol–water partition coefficient (Wildman–Crippen LogP) is 3.62. The van der Waals surface area contributed by atoms with Crippen LogP contribution in [0.1, 0.15) is 18.2 Å². The maximum absolute atomic E-state index is 12.7. The molecule has 1 aromatic carbocycles. The van der Waals surface area contributed by atoms with Crippen molar-refractivity contribution in [2.75, 3.05) is 13.2 Å². The lowest BCUT2D eigenvalue weighted by Crippen LogP contribution is -2.44. The van der Waals surface area contributed by atoms with Crippen LogP contribution in [-0.4, -0.2) is 41.2 Å². The molecule has 144 valence electrons. The lowest BCUT2D eigenvalue weighted by atomic mass is 9.94. The molecular weight excluding hydrogens is 380 g/mol. The van der Waals surface area contributed by atoms with E-state index in [4.69, 9.17) is 26.5 Å². The Hall–Kier alpha value is -2.96. The number of carbonyl (C=O) groups is 2. The van der Waals surface area contributed by atoms with E-state index in [2.05, 4.69) is 0 Å². The molecule has 7 heteroatoms. The number of hydrogen-bond donors (Lipinski definition) is 2. The van der Waals surface area contributed by atoms with Crippen LogP contribution in [0.25, 0.3) is 17.4 Å². The van der Waals surface area contributed by atoms with Gasteiger partial charge in [0.15, 0.2) is 0 Å². The minimum absolute atomic E-state index is 0.108. The number of rotatable bonds is 5. The first kappa shape index (κ1) is 19.8. The lowest BCUT2D eigenvalue weighted by Gasteiger charge is -2.27. The molecule has 1 aliphatic rings. The van der Waals surface area contributed by atoms with E-state index in [1.54, 1.807) is 25.1 Å². The molecule has 0 unspecified atom stereocenters. The fourth-order valence-electron chi connectivity index (χ4n) is 2.97. The number of halogens is 1. The molecule has 2 aromatic rings. The maximum atomic E-state index is 12.7. The summed E-state index contributed by atoms with van der Waals surface area (Å²) >= 11 is 6.17. The molecule has 0 atom stereocenters. The standard InChI is InChI=1S/C21H19ClN2O4/c1-12-3-4-14(9-18(12)22)19-6-5-15(28-19)10-16-13(2)17(11-23)21(27)24(7-8-25)20(16)26/h3-6,9-11,23,25H,7-8H2,1-2H3/b16-10-,23-11?. The molecule has 0 aliphatic carbocycles. The first-order chi connectivity index (χ1) is 13.4. The molecule has 6 nitrogen and oxygen atoms in total. The Morgan fingerprint density at radius 2 is 1.93 bits per heavy atom. The number of carbonyl (C=O) groups excluding carboxylic acids is 2. The number of imide groups is 1. The van der Waals surface area contributed by atoms with Crippen LogP contribution in [-0.2, 0) is 9.59 Å². The predicted molar refractivity (Wildman–Crippen MR) is 107 cm³/mol. The Kier molecular flexibility index (Phi) is 5.63. The summed E-state index contributed by atoms with van der Waals surface area (Å²) in [6.45, 7) is 3.04. The molecule has 2 N–H and O–H groups in total. The third-order valence-corrected chi connectivity index (χ3v) is 5.00. The summed E-state index contributed by atoms with van der Waals surface area (Å²) in [6, 6.07) is 9.08. The minimum Gasteiger partial charge on any atom is -0.457 e. The van der Waals surface area contributed by atoms with Gasteiger partial charge in [0, 0.05) is 22.4 Å². The second-order valence-electron chi connectivity index (χ2n) is 6.39. The Bertz CT molecular complexity index is 1030. The summed E-state index contributed by atoms with van der Waals surface area (Å²) in [4.78, 5) is 26.0. The van der Waals surface area contributed by atoms with E-state index >= 15 is 0 Å². The fourth-order valence-corrected chi connectivity index (χ4v) is 3.15. The molecule has 0 saturated heterocycles. The van der Waals surface area contributed by atoms with Gasteiger partial charge in [-0.1, -0.05) is 23.7 Å². The van der Waals surface area contributed by atoms with Crippen LogP contribution in [0.2, 0.25) is 5.02 Å². The molecule has 0 saturated carbocycles. The minimum atomic E-state index is -0.585. The molecule has 1 aromatic heterocycles. The molecule has 0 fully saturated rings. The number of β-amino-alcohol motifs (C(OH)–C–C–N with tert-alkyl or cyclic N) is 1. The quantitative estimate of drug-likeness (QED) is 0.457. The first-order valence-corrected chi connectivity index (χ1v) is 9.02. The lowest BCUT2D eigenvalue weighted by molar-refractivity contribution is -0.140. The van der Waals surface area contributed by atoms with Gasteiger partial charge in [0.2, 0.25) is 0 Å². The Balaban J connectivity index is 2.02. The van der Waals surface area contributed by atoms with Gasteiger partial charge >= 0.3 is 0 Å². The molecule has 0 spiro atoms. The van der Waals surface area contributed by atoms with Gasteiger partial charge in [-0.05, 0) is 49.3 Å². The second kappa shape index (κ2) is 7.96. The third kappa shape index (κ3) is 3.56. The maximum Gasteiger partial charge on any atom is 0.262 e. The van der Waals surface area contributed by atoms with Crippen LogP contribution in [0.5, 0.6) is 0 Å². The number of furan rings is 1. The third-order valence-electron chi connectivity index (χ3n) is 4.60. The smallest absolute Gasteiger partial charge is 0.262 e. The van der Waals surface area contributed by atoms with Crippen molar-refractivity contribution >= 4 is 35.7 Å². The summed E-state index contributed by atoms with van der Waals surface area (Å²) in [7, 11) is 0. The molecule has 1 aliphatic heterocycles. The number of aliphatic hydroxyl groups is 1. The van der Waals surface area contributed by atoms with Gasteiger partial charge in [0.1, 0.15) is 11.5 Å². The van der Waals surface area contributed by atoms with Crippen molar-refractivity contribution < 1.29 is 19.1 Å². The molecule has 2 heterocycles. The van der Waals surface area contributed by atoms with Crippen LogP contribution in [0.4, 0.5) is 0 Å².